The first kappa shape index (κ1) is 11.7. The molecule has 0 aromatic carbocycles. The molecule has 2 fully saturated rings. The molecule has 2 aliphatic rings. The van der Waals surface area contributed by atoms with Crippen molar-refractivity contribution in [1.82, 2.24) is 4.90 Å². The van der Waals surface area contributed by atoms with E-state index in [1.807, 2.05) is 0 Å². The highest BCUT2D eigenvalue weighted by Gasteiger charge is 2.37. The van der Waals surface area contributed by atoms with Crippen LogP contribution in [-0.2, 0) is 4.74 Å². The fourth-order valence-corrected chi connectivity index (χ4v) is 2.96. The summed E-state index contributed by atoms with van der Waals surface area (Å²) in [5.41, 5.74) is 0.431. The van der Waals surface area contributed by atoms with Gasteiger partial charge in [0.1, 0.15) is 0 Å². The Kier molecular flexibility index (Phi) is 3.97. The Bertz CT molecular complexity index is 200. The van der Waals surface area contributed by atoms with E-state index in [-0.39, 0.29) is 0 Å². The quantitative estimate of drug-likeness (QED) is 0.726. The fraction of sp³-hybridized carbons (Fsp3) is 1.00. The Morgan fingerprint density at radius 3 is 2.47 bits per heavy atom. The highest BCUT2D eigenvalue weighted by atomic mass is 32.1. The third-order valence-corrected chi connectivity index (χ3v) is 4.57. The van der Waals surface area contributed by atoms with Crippen molar-refractivity contribution < 1.29 is 4.74 Å². The van der Waals surface area contributed by atoms with E-state index in [1.165, 1.54) is 38.8 Å². The van der Waals surface area contributed by atoms with E-state index >= 15 is 0 Å². The Morgan fingerprint density at radius 1 is 1.33 bits per heavy atom. The van der Waals surface area contributed by atoms with E-state index in [1.54, 1.807) is 0 Å². The van der Waals surface area contributed by atoms with Gasteiger partial charge >= 0.3 is 0 Å². The number of rotatable bonds is 5. The molecular formula is C12H23NOS. The monoisotopic (exact) mass is 229 g/mol. The predicted octanol–water partition coefficient (Wildman–Crippen LogP) is 2.20. The molecule has 0 atom stereocenters. The van der Waals surface area contributed by atoms with E-state index in [9.17, 15) is 0 Å². The normalized spacial score (nSPS) is 25.8. The number of nitrogens with zero attached hydrogens (tertiary/aromatic N) is 1. The molecule has 0 unspecified atom stereocenters. The number of hydrogen-bond acceptors (Lipinski definition) is 3. The first-order valence-electron chi connectivity index (χ1n) is 6.22. The molecule has 88 valence electrons. The van der Waals surface area contributed by atoms with Crippen molar-refractivity contribution in [3.05, 3.63) is 0 Å². The zero-order valence-corrected chi connectivity index (χ0v) is 10.6. The summed E-state index contributed by atoms with van der Waals surface area (Å²) in [5, 5.41) is 0. The molecule has 1 saturated carbocycles. The summed E-state index contributed by atoms with van der Waals surface area (Å²) in [7, 11) is 0. The summed E-state index contributed by atoms with van der Waals surface area (Å²) in [4.78, 5) is 2.65. The van der Waals surface area contributed by atoms with E-state index in [0.29, 0.717) is 5.41 Å². The van der Waals surface area contributed by atoms with Crippen LogP contribution in [0.25, 0.3) is 0 Å². The van der Waals surface area contributed by atoms with E-state index in [2.05, 4.69) is 24.5 Å². The first-order valence-corrected chi connectivity index (χ1v) is 6.85. The van der Waals surface area contributed by atoms with Gasteiger partial charge in [-0.2, -0.15) is 12.6 Å². The molecule has 0 N–H and O–H groups in total. The lowest BCUT2D eigenvalue weighted by atomic mass is 9.81. The van der Waals surface area contributed by atoms with Gasteiger partial charge in [0.2, 0.25) is 0 Å². The van der Waals surface area contributed by atoms with Gasteiger partial charge in [0.15, 0.2) is 0 Å². The molecule has 1 aliphatic heterocycles. The predicted molar refractivity (Wildman–Crippen MR) is 66.6 cm³/mol. The van der Waals surface area contributed by atoms with Crippen LogP contribution in [0.2, 0.25) is 0 Å². The lowest BCUT2D eigenvalue weighted by Gasteiger charge is -2.40. The second-order valence-corrected chi connectivity index (χ2v) is 5.38. The molecule has 15 heavy (non-hydrogen) atoms. The van der Waals surface area contributed by atoms with Crippen LogP contribution in [0.3, 0.4) is 0 Å². The Hall–Kier alpha value is 0.270. The van der Waals surface area contributed by atoms with Gasteiger partial charge in [-0.25, -0.2) is 0 Å². The third-order valence-electron chi connectivity index (χ3n) is 3.90. The second kappa shape index (κ2) is 5.07. The highest BCUT2D eigenvalue weighted by molar-refractivity contribution is 7.80. The average Bonchev–Trinajstić information content (AvgIpc) is 3.11. The molecule has 0 radical (unpaired) electrons. The van der Waals surface area contributed by atoms with Gasteiger partial charge in [0.25, 0.3) is 0 Å². The van der Waals surface area contributed by atoms with E-state index in [4.69, 9.17) is 4.74 Å². The molecule has 0 amide bonds. The van der Waals surface area contributed by atoms with Gasteiger partial charge in [-0.05, 0) is 43.4 Å². The van der Waals surface area contributed by atoms with Crippen molar-refractivity contribution in [2.75, 3.05) is 32.1 Å². The molecule has 1 aliphatic carbocycles. The maximum atomic E-state index is 5.47. The third kappa shape index (κ3) is 2.89. The second-order valence-electron chi connectivity index (χ2n) is 5.06. The van der Waals surface area contributed by atoms with Gasteiger partial charge in [0.05, 0.1) is 0 Å². The fourth-order valence-electron chi connectivity index (χ4n) is 2.54. The standard InChI is InChI=1S/C12H23NOS/c1-2-13(11-3-4-11)9-12(10-15)5-7-14-8-6-12/h11,15H,2-10H2,1H3. The zero-order valence-electron chi connectivity index (χ0n) is 9.74. The van der Waals surface area contributed by atoms with Gasteiger partial charge < -0.3 is 9.64 Å². The van der Waals surface area contributed by atoms with Crippen LogP contribution in [0.4, 0.5) is 0 Å². The molecule has 2 nitrogen and oxygen atoms in total. The van der Waals surface area contributed by atoms with Crippen LogP contribution >= 0.6 is 12.6 Å². The summed E-state index contributed by atoms with van der Waals surface area (Å²) in [6.07, 6.45) is 5.21. The van der Waals surface area contributed by atoms with E-state index in [0.717, 1.165) is 25.0 Å². The molecule has 0 aromatic rings. The minimum atomic E-state index is 0.431. The van der Waals surface area contributed by atoms with Crippen molar-refractivity contribution in [2.45, 2.75) is 38.6 Å². The van der Waals surface area contributed by atoms with Gasteiger partial charge in [-0.15, -0.1) is 0 Å². The van der Waals surface area contributed by atoms with Crippen molar-refractivity contribution in [1.29, 1.82) is 0 Å². The maximum Gasteiger partial charge on any atom is 0.0472 e. The summed E-state index contributed by atoms with van der Waals surface area (Å²) >= 11 is 4.57. The smallest absolute Gasteiger partial charge is 0.0472 e. The Balaban J connectivity index is 1.92. The van der Waals surface area contributed by atoms with Crippen LogP contribution in [0, 0.1) is 5.41 Å². The lowest BCUT2D eigenvalue weighted by molar-refractivity contribution is 0.00713. The number of thiol groups is 1. The van der Waals surface area contributed by atoms with Crippen LogP contribution in [0.15, 0.2) is 0 Å². The molecule has 0 bridgehead atoms. The van der Waals surface area contributed by atoms with Crippen LogP contribution < -0.4 is 0 Å². The summed E-state index contributed by atoms with van der Waals surface area (Å²) < 4.78 is 5.47. The van der Waals surface area contributed by atoms with Gasteiger partial charge in [-0.3, -0.25) is 0 Å². The van der Waals surface area contributed by atoms with Gasteiger partial charge in [0, 0.05) is 25.8 Å². The van der Waals surface area contributed by atoms with Gasteiger partial charge in [-0.1, -0.05) is 6.92 Å². The molecule has 0 spiro atoms. The summed E-state index contributed by atoms with van der Waals surface area (Å²) in [5.74, 6) is 1.01. The van der Waals surface area contributed by atoms with Crippen LogP contribution in [0.1, 0.15) is 32.6 Å². The summed E-state index contributed by atoms with van der Waals surface area (Å²) in [6, 6.07) is 0.884. The van der Waals surface area contributed by atoms with Crippen molar-refractivity contribution in [3.63, 3.8) is 0 Å². The topological polar surface area (TPSA) is 12.5 Å². The molecule has 2 rings (SSSR count). The van der Waals surface area contributed by atoms with E-state index < -0.39 is 0 Å². The lowest BCUT2D eigenvalue weighted by Crippen LogP contribution is -2.43. The van der Waals surface area contributed by atoms with Crippen molar-refractivity contribution in [2.24, 2.45) is 5.41 Å². The zero-order chi connectivity index (χ0) is 10.7. The largest absolute Gasteiger partial charge is 0.381 e. The molecular weight excluding hydrogens is 206 g/mol. The van der Waals surface area contributed by atoms with Crippen LogP contribution in [0.5, 0.6) is 0 Å². The highest BCUT2D eigenvalue weighted by Crippen LogP contribution is 2.36. The maximum absolute atomic E-state index is 5.47. The molecule has 0 aromatic heterocycles. The molecule has 1 saturated heterocycles. The SMILES string of the molecule is CCN(CC1(CS)CCOCC1)C1CC1. The van der Waals surface area contributed by atoms with Crippen molar-refractivity contribution >= 4 is 12.6 Å². The Morgan fingerprint density at radius 2 is 2.00 bits per heavy atom. The average molecular weight is 229 g/mol. The molecule has 1 heterocycles. The number of ether oxygens (including phenoxy) is 1. The Labute approximate surface area is 98.8 Å². The minimum Gasteiger partial charge on any atom is -0.381 e. The first-order chi connectivity index (χ1) is 7.29. The summed E-state index contributed by atoms with van der Waals surface area (Å²) in [6.45, 7) is 6.58. The minimum absolute atomic E-state index is 0.431. The van der Waals surface area contributed by atoms with Crippen LogP contribution in [-0.4, -0.2) is 43.0 Å². The molecule has 3 heteroatoms. The number of hydrogen-bond donors (Lipinski definition) is 1. The van der Waals surface area contributed by atoms with Crippen molar-refractivity contribution in [3.8, 4) is 0 Å².